The fraction of sp³-hybridized carbons (Fsp3) is 0.200. The summed E-state index contributed by atoms with van der Waals surface area (Å²) in [6.45, 7) is 3.30. The predicted molar refractivity (Wildman–Crippen MR) is 119 cm³/mol. The summed E-state index contributed by atoms with van der Waals surface area (Å²) in [5.41, 5.74) is 5.77. The van der Waals surface area contributed by atoms with Crippen LogP contribution < -0.4 is 5.32 Å². The molecule has 3 rings (SSSR count). The minimum atomic E-state index is -0.807. The second-order valence-corrected chi connectivity index (χ2v) is 7.17. The third-order valence-corrected chi connectivity index (χ3v) is 4.78. The lowest BCUT2D eigenvalue weighted by Gasteiger charge is -2.07. The van der Waals surface area contributed by atoms with E-state index in [9.17, 15) is 9.18 Å². The number of hydrogen-bond donors (Lipinski definition) is 2. The SMILES string of the molecule is C/C(=N/OCc1ccc(-c2ccc(F)cc2)cc1)c1ccc(CNCCC(=O)O)cc1. The van der Waals surface area contributed by atoms with Gasteiger partial charge in [0.25, 0.3) is 0 Å². The maximum atomic E-state index is 13.1. The number of oxime groups is 1. The number of aliphatic carboxylic acids is 1. The molecular weight excluding hydrogens is 395 g/mol. The minimum absolute atomic E-state index is 0.107. The first kappa shape index (κ1) is 22.2. The number of benzene rings is 3. The molecule has 3 aromatic rings. The highest BCUT2D eigenvalue weighted by Gasteiger charge is 2.02. The first-order chi connectivity index (χ1) is 15.0. The largest absolute Gasteiger partial charge is 0.481 e. The van der Waals surface area contributed by atoms with Gasteiger partial charge in [0, 0.05) is 13.1 Å². The zero-order valence-electron chi connectivity index (χ0n) is 17.3. The topological polar surface area (TPSA) is 70.9 Å². The van der Waals surface area contributed by atoms with Crippen molar-refractivity contribution < 1.29 is 19.1 Å². The van der Waals surface area contributed by atoms with Crippen molar-refractivity contribution in [2.45, 2.75) is 26.5 Å². The maximum absolute atomic E-state index is 13.1. The molecule has 5 nitrogen and oxygen atoms in total. The average molecular weight is 420 g/mol. The van der Waals surface area contributed by atoms with Crippen molar-refractivity contribution in [2.24, 2.45) is 5.16 Å². The Hall–Kier alpha value is -3.51. The molecule has 2 N–H and O–H groups in total. The molecular formula is C25H25FN2O3. The molecule has 6 heteroatoms. The van der Waals surface area contributed by atoms with Crippen LogP contribution >= 0.6 is 0 Å². The highest BCUT2D eigenvalue weighted by molar-refractivity contribution is 5.98. The van der Waals surface area contributed by atoms with Crippen LogP contribution in [0.2, 0.25) is 0 Å². The summed E-state index contributed by atoms with van der Waals surface area (Å²) in [6, 6.07) is 22.2. The molecule has 0 saturated heterocycles. The van der Waals surface area contributed by atoms with Crippen molar-refractivity contribution in [2.75, 3.05) is 6.54 Å². The highest BCUT2D eigenvalue weighted by Crippen LogP contribution is 2.20. The zero-order chi connectivity index (χ0) is 22.1. The molecule has 0 aliphatic carbocycles. The molecule has 0 aliphatic heterocycles. The number of nitrogens with one attached hydrogen (secondary N) is 1. The van der Waals surface area contributed by atoms with Crippen LogP contribution in [0.5, 0.6) is 0 Å². The molecule has 0 fully saturated rings. The number of hydrogen-bond acceptors (Lipinski definition) is 4. The fourth-order valence-electron chi connectivity index (χ4n) is 2.98. The van der Waals surface area contributed by atoms with Gasteiger partial charge < -0.3 is 15.3 Å². The first-order valence-corrected chi connectivity index (χ1v) is 10.0. The Morgan fingerprint density at radius 1 is 0.935 bits per heavy atom. The van der Waals surface area contributed by atoms with E-state index in [-0.39, 0.29) is 12.2 Å². The Labute approximate surface area is 181 Å². The summed E-state index contributed by atoms with van der Waals surface area (Å²) >= 11 is 0. The van der Waals surface area contributed by atoms with E-state index in [2.05, 4.69) is 10.5 Å². The molecule has 160 valence electrons. The first-order valence-electron chi connectivity index (χ1n) is 10.0. The third kappa shape index (κ3) is 7.04. The van der Waals surface area contributed by atoms with Gasteiger partial charge in [-0.25, -0.2) is 4.39 Å². The molecule has 3 aromatic carbocycles. The zero-order valence-corrected chi connectivity index (χ0v) is 17.3. The lowest BCUT2D eigenvalue weighted by Crippen LogP contribution is -2.17. The Morgan fingerprint density at radius 3 is 2.13 bits per heavy atom. The van der Waals surface area contributed by atoms with Gasteiger partial charge in [-0.3, -0.25) is 4.79 Å². The fourth-order valence-corrected chi connectivity index (χ4v) is 2.98. The van der Waals surface area contributed by atoms with E-state index < -0.39 is 5.97 Å². The van der Waals surface area contributed by atoms with Gasteiger partial charge >= 0.3 is 5.97 Å². The van der Waals surface area contributed by atoms with Gasteiger partial charge in [-0.05, 0) is 46.9 Å². The van der Waals surface area contributed by atoms with E-state index >= 15 is 0 Å². The van der Waals surface area contributed by atoms with Crippen LogP contribution in [0, 0.1) is 5.82 Å². The molecule has 0 heterocycles. The van der Waals surface area contributed by atoms with E-state index in [4.69, 9.17) is 9.94 Å². The van der Waals surface area contributed by atoms with Gasteiger partial charge in [-0.15, -0.1) is 0 Å². The molecule has 0 aliphatic rings. The normalized spacial score (nSPS) is 11.4. The van der Waals surface area contributed by atoms with Crippen molar-refractivity contribution in [1.29, 1.82) is 0 Å². The van der Waals surface area contributed by atoms with Crippen LogP contribution in [-0.4, -0.2) is 23.3 Å². The molecule has 0 atom stereocenters. The number of nitrogens with zero attached hydrogens (tertiary/aromatic N) is 1. The summed E-state index contributed by atoms with van der Waals surface area (Å²) in [5.74, 6) is -1.05. The molecule has 0 aromatic heterocycles. The summed E-state index contributed by atoms with van der Waals surface area (Å²) in [5, 5.41) is 15.9. The predicted octanol–water partition coefficient (Wildman–Crippen LogP) is 5.00. The molecule has 0 spiro atoms. The lowest BCUT2D eigenvalue weighted by atomic mass is 10.0. The Kier molecular flexibility index (Phi) is 7.90. The van der Waals surface area contributed by atoms with Crippen LogP contribution in [0.3, 0.4) is 0 Å². The van der Waals surface area contributed by atoms with Crippen molar-refractivity contribution in [3.05, 3.63) is 95.3 Å². The van der Waals surface area contributed by atoms with Gasteiger partial charge in [0.1, 0.15) is 12.4 Å². The summed E-state index contributed by atoms with van der Waals surface area (Å²) in [4.78, 5) is 16.0. The van der Waals surface area contributed by atoms with Crippen molar-refractivity contribution in [1.82, 2.24) is 5.32 Å². The Bertz CT molecular complexity index is 1010. The van der Waals surface area contributed by atoms with Gasteiger partial charge in [0.05, 0.1) is 12.1 Å². The van der Waals surface area contributed by atoms with Crippen LogP contribution in [-0.2, 0) is 22.8 Å². The number of carbonyl (C=O) groups is 1. The van der Waals surface area contributed by atoms with Gasteiger partial charge in [-0.2, -0.15) is 0 Å². The maximum Gasteiger partial charge on any atom is 0.304 e. The van der Waals surface area contributed by atoms with E-state index in [1.165, 1.54) is 12.1 Å². The second-order valence-electron chi connectivity index (χ2n) is 7.17. The van der Waals surface area contributed by atoms with Crippen molar-refractivity contribution in [3.8, 4) is 11.1 Å². The highest BCUT2D eigenvalue weighted by atomic mass is 19.1. The van der Waals surface area contributed by atoms with Crippen LogP contribution in [0.25, 0.3) is 11.1 Å². The lowest BCUT2D eigenvalue weighted by molar-refractivity contribution is -0.136. The third-order valence-electron chi connectivity index (χ3n) is 4.78. The second kappa shape index (κ2) is 11.0. The van der Waals surface area contributed by atoms with E-state index in [1.807, 2.05) is 55.5 Å². The monoisotopic (exact) mass is 420 g/mol. The Morgan fingerprint density at radius 2 is 1.52 bits per heavy atom. The standard InChI is InChI=1S/C25H25FN2O3/c1-18(21-6-2-19(3-7-21)16-27-15-14-25(29)30)28-31-17-20-4-8-22(9-5-20)23-10-12-24(26)13-11-23/h2-13,27H,14-17H2,1H3,(H,29,30)/b28-18-. The number of halogens is 1. The summed E-state index contributed by atoms with van der Waals surface area (Å²) in [6.07, 6.45) is 0.107. The molecule has 0 amide bonds. The van der Waals surface area contributed by atoms with Gasteiger partial charge in [0.15, 0.2) is 0 Å². The van der Waals surface area contributed by atoms with Crippen LogP contribution in [0.1, 0.15) is 30.0 Å². The van der Waals surface area contributed by atoms with E-state index in [0.29, 0.717) is 19.7 Å². The molecule has 0 saturated carbocycles. The van der Waals surface area contributed by atoms with Crippen LogP contribution in [0.4, 0.5) is 4.39 Å². The molecule has 0 unspecified atom stereocenters. The van der Waals surface area contributed by atoms with E-state index in [1.54, 1.807) is 12.1 Å². The minimum Gasteiger partial charge on any atom is -0.481 e. The van der Waals surface area contributed by atoms with Crippen molar-refractivity contribution in [3.63, 3.8) is 0 Å². The summed E-state index contributed by atoms with van der Waals surface area (Å²) < 4.78 is 13.1. The van der Waals surface area contributed by atoms with E-state index in [0.717, 1.165) is 33.5 Å². The van der Waals surface area contributed by atoms with Gasteiger partial charge in [0.2, 0.25) is 0 Å². The molecule has 31 heavy (non-hydrogen) atoms. The van der Waals surface area contributed by atoms with Crippen LogP contribution in [0.15, 0.2) is 78.0 Å². The van der Waals surface area contributed by atoms with Crippen molar-refractivity contribution >= 4 is 11.7 Å². The number of carboxylic acids is 1. The Balaban J connectivity index is 1.49. The quantitative estimate of drug-likeness (QED) is 0.275. The number of rotatable bonds is 10. The summed E-state index contributed by atoms with van der Waals surface area (Å²) in [7, 11) is 0. The van der Waals surface area contributed by atoms with Gasteiger partial charge in [-0.1, -0.05) is 65.8 Å². The average Bonchev–Trinajstić information content (AvgIpc) is 2.78. The molecule has 0 radical (unpaired) electrons. The smallest absolute Gasteiger partial charge is 0.304 e. The number of carboxylic acid groups (broad SMARTS) is 1. The molecule has 0 bridgehead atoms.